The molecule has 2 nitrogen and oxygen atoms in total. The van der Waals surface area contributed by atoms with Gasteiger partial charge in [0.05, 0.1) is 11.0 Å². The van der Waals surface area contributed by atoms with Gasteiger partial charge in [0, 0.05) is 0 Å². The molecule has 1 heterocycles. The van der Waals surface area contributed by atoms with E-state index in [-0.39, 0.29) is 0 Å². The summed E-state index contributed by atoms with van der Waals surface area (Å²) in [5.41, 5.74) is 2.13. The largest absolute Gasteiger partial charge is 0.331 e. The molecule has 1 aromatic heterocycles. The number of imidazole rings is 1. The van der Waals surface area contributed by atoms with Crippen LogP contribution in [0, 0.1) is 4.77 Å². The van der Waals surface area contributed by atoms with Gasteiger partial charge < -0.3 is 9.97 Å². The highest BCUT2D eigenvalue weighted by Crippen LogP contribution is 2.19. The summed E-state index contributed by atoms with van der Waals surface area (Å²) in [6.45, 7) is 0. The zero-order valence-electron chi connectivity index (χ0n) is 7.37. The van der Waals surface area contributed by atoms with Gasteiger partial charge in [-0.05, 0) is 35.1 Å². The quantitative estimate of drug-likeness (QED) is 0.535. The Bertz CT molecular complexity index is 608. The van der Waals surface area contributed by atoms with Crippen LogP contribution < -0.4 is 0 Å². The number of rotatable bonds is 0. The molecule has 2 aromatic carbocycles. The summed E-state index contributed by atoms with van der Waals surface area (Å²) < 4.78 is 0.676. The summed E-state index contributed by atoms with van der Waals surface area (Å²) in [4.78, 5) is 6.22. The zero-order valence-corrected chi connectivity index (χ0v) is 8.19. The van der Waals surface area contributed by atoms with Gasteiger partial charge in [0.2, 0.25) is 0 Å². The molecule has 0 bridgehead atoms. The molecule has 0 fully saturated rings. The molecule has 0 saturated carbocycles. The normalized spacial score (nSPS) is 11.1. The molecule has 0 aliphatic heterocycles. The van der Waals surface area contributed by atoms with E-state index in [4.69, 9.17) is 12.2 Å². The number of H-pyrrole nitrogens is 2. The standard InChI is InChI=1S/C11H8N2S/c14-11-12-9-5-7-3-1-2-4-8(7)6-10(9)13-11/h1-6H,(H2,12,13,14). The third-order valence-electron chi connectivity index (χ3n) is 2.38. The van der Waals surface area contributed by atoms with E-state index in [9.17, 15) is 0 Å². The maximum absolute atomic E-state index is 5.04. The Morgan fingerprint density at radius 2 is 1.36 bits per heavy atom. The zero-order chi connectivity index (χ0) is 9.54. The molecular weight excluding hydrogens is 192 g/mol. The van der Waals surface area contributed by atoms with Crippen molar-refractivity contribution in [3.63, 3.8) is 0 Å². The molecule has 0 radical (unpaired) electrons. The van der Waals surface area contributed by atoms with Crippen molar-refractivity contribution in [2.45, 2.75) is 0 Å². The van der Waals surface area contributed by atoms with E-state index in [0.717, 1.165) is 11.0 Å². The fourth-order valence-corrected chi connectivity index (χ4v) is 1.94. The summed E-state index contributed by atoms with van der Waals surface area (Å²) >= 11 is 5.04. The third kappa shape index (κ3) is 1.06. The molecule has 0 amide bonds. The van der Waals surface area contributed by atoms with Crippen LogP contribution >= 0.6 is 12.2 Å². The van der Waals surface area contributed by atoms with Crippen molar-refractivity contribution in [1.29, 1.82) is 0 Å². The Labute approximate surface area is 85.6 Å². The lowest BCUT2D eigenvalue weighted by atomic mass is 10.1. The van der Waals surface area contributed by atoms with Crippen molar-refractivity contribution in [2.24, 2.45) is 0 Å². The van der Waals surface area contributed by atoms with Gasteiger partial charge in [-0.15, -0.1) is 0 Å². The molecule has 3 rings (SSSR count). The average Bonchev–Trinajstić information content (AvgIpc) is 2.53. The summed E-state index contributed by atoms with van der Waals surface area (Å²) in [5.74, 6) is 0. The Morgan fingerprint density at radius 1 is 0.857 bits per heavy atom. The van der Waals surface area contributed by atoms with Gasteiger partial charge in [0.25, 0.3) is 0 Å². The Hall–Kier alpha value is -1.61. The number of aromatic nitrogens is 2. The molecule has 2 N–H and O–H groups in total. The van der Waals surface area contributed by atoms with Crippen LogP contribution in [0.1, 0.15) is 0 Å². The van der Waals surface area contributed by atoms with E-state index in [1.54, 1.807) is 0 Å². The van der Waals surface area contributed by atoms with Crippen molar-refractivity contribution in [1.82, 2.24) is 9.97 Å². The van der Waals surface area contributed by atoms with E-state index in [1.165, 1.54) is 10.8 Å². The van der Waals surface area contributed by atoms with Gasteiger partial charge in [-0.3, -0.25) is 0 Å². The number of fused-ring (bicyclic) bond motifs is 2. The van der Waals surface area contributed by atoms with Gasteiger partial charge in [-0.25, -0.2) is 0 Å². The van der Waals surface area contributed by atoms with E-state index >= 15 is 0 Å². The van der Waals surface area contributed by atoms with Crippen molar-refractivity contribution in [3.05, 3.63) is 41.2 Å². The van der Waals surface area contributed by atoms with Gasteiger partial charge in [-0.2, -0.15) is 0 Å². The lowest BCUT2D eigenvalue weighted by Crippen LogP contribution is -1.73. The predicted molar refractivity (Wildman–Crippen MR) is 61.0 cm³/mol. The summed E-state index contributed by atoms with van der Waals surface area (Å²) in [6.07, 6.45) is 0. The molecule has 0 unspecified atom stereocenters. The van der Waals surface area contributed by atoms with E-state index in [2.05, 4.69) is 34.2 Å². The molecule has 3 heteroatoms. The highest BCUT2D eigenvalue weighted by molar-refractivity contribution is 7.71. The Morgan fingerprint density at radius 3 is 1.86 bits per heavy atom. The Kier molecular flexibility index (Phi) is 1.49. The maximum atomic E-state index is 5.04. The first-order valence-corrected chi connectivity index (χ1v) is 4.84. The SMILES string of the molecule is S=c1[nH]c2cc3ccccc3cc2[nH]1. The van der Waals surface area contributed by atoms with Crippen LogP contribution in [0.5, 0.6) is 0 Å². The number of benzene rings is 2. The lowest BCUT2D eigenvalue weighted by Gasteiger charge is -1.96. The van der Waals surface area contributed by atoms with Crippen molar-refractivity contribution >= 4 is 34.0 Å². The van der Waals surface area contributed by atoms with Crippen molar-refractivity contribution in [2.75, 3.05) is 0 Å². The first kappa shape index (κ1) is 7.76. The van der Waals surface area contributed by atoms with E-state index < -0.39 is 0 Å². The predicted octanol–water partition coefficient (Wildman–Crippen LogP) is 3.38. The van der Waals surface area contributed by atoms with Crippen LogP contribution in [0.2, 0.25) is 0 Å². The fourth-order valence-electron chi connectivity index (χ4n) is 1.72. The molecule has 0 atom stereocenters. The number of nitrogens with one attached hydrogen (secondary N) is 2. The topological polar surface area (TPSA) is 31.6 Å². The van der Waals surface area contributed by atoms with Crippen LogP contribution in [0.15, 0.2) is 36.4 Å². The number of aromatic amines is 2. The van der Waals surface area contributed by atoms with Crippen LogP contribution in [-0.4, -0.2) is 9.97 Å². The van der Waals surface area contributed by atoms with Gasteiger partial charge in [0.1, 0.15) is 0 Å². The lowest BCUT2D eigenvalue weighted by molar-refractivity contribution is 1.30. The molecule has 0 spiro atoms. The minimum Gasteiger partial charge on any atom is -0.331 e. The fraction of sp³-hybridized carbons (Fsp3) is 0. The second-order valence-electron chi connectivity index (χ2n) is 3.32. The summed E-state index contributed by atoms with van der Waals surface area (Å²) in [5, 5.41) is 2.45. The van der Waals surface area contributed by atoms with Crippen LogP contribution in [-0.2, 0) is 0 Å². The molecular formula is C11H8N2S. The van der Waals surface area contributed by atoms with Gasteiger partial charge in [-0.1, -0.05) is 24.3 Å². The molecule has 3 aromatic rings. The second-order valence-corrected chi connectivity index (χ2v) is 3.73. The van der Waals surface area contributed by atoms with Crippen LogP contribution in [0.4, 0.5) is 0 Å². The summed E-state index contributed by atoms with van der Waals surface area (Å²) in [7, 11) is 0. The minimum atomic E-state index is 0.676. The van der Waals surface area contributed by atoms with Crippen molar-refractivity contribution in [3.8, 4) is 0 Å². The van der Waals surface area contributed by atoms with E-state index in [0.29, 0.717) is 4.77 Å². The summed E-state index contributed by atoms with van der Waals surface area (Å²) in [6, 6.07) is 12.5. The van der Waals surface area contributed by atoms with Crippen molar-refractivity contribution < 1.29 is 0 Å². The monoisotopic (exact) mass is 200 g/mol. The first-order valence-electron chi connectivity index (χ1n) is 4.44. The first-order chi connectivity index (χ1) is 6.83. The molecule has 0 aliphatic carbocycles. The smallest absolute Gasteiger partial charge is 0.175 e. The highest BCUT2D eigenvalue weighted by atomic mass is 32.1. The minimum absolute atomic E-state index is 0.676. The van der Waals surface area contributed by atoms with Crippen LogP contribution in [0.3, 0.4) is 0 Å². The maximum Gasteiger partial charge on any atom is 0.175 e. The third-order valence-corrected chi connectivity index (χ3v) is 2.59. The molecule has 0 aliphatic rings. The van der Waals surface area contributed by atoms with Gasteiger partial charge >= 0.3 is 0 Å². The Balaban J connectivity index is 2.57. The second kappa shape index (κ2) is 2.69. The molecule has 0 saturated heterocycles. The molecule has 14 heavy (non-hydrogen) atoms. The van der Waals surface area contributed by atoms with Gasteiger partial charge in [0.15, 0.2) is 4.77 Å². The molecule has 68 valence electrons. The average molecular weight is 200 g/mol. The van der Waals surface area contributed by atoms with Crippen LogP contribution in [0.25, 0.3) is 21.8 Å². The number of hydrogen-bond donors (Lipinski definition) is 2. The number of hydrogen-bond acceptors (Lipinski definition) is 1. The van der Waals surface area contributed by atoms with E-state index in [1.807, 2.05) is 12.1 Å². The highest BCUT2D eigenvalue weighted by Gasteiger charge is 1.98.